The summed E-state index contributed by atoms with van der Waals surface area (Å²) in [6.07, 6.45) is 7.01. The molecule has 1 atom stereocenters. The summed E-state index contributed by atoms with van der Waals surface area (Å²) < 4.78 is 0. The Morgan fingerprint density at radius 2 is 1.60 bits per heavy atom. The molecule has 1 unspecified atom stereocenters. The molecule has 3 heteroatoms. The van der Waals surface area contributed by atoms with Crippen molar-refractivity contribution in [3.8, 4) is 0 Å². The van der Waals surface area contributed by atoms with Crippen molar-refractivity contribution in [1.29, 1.82) is 0 Å². The number of benzene rings is 2. The normalized spacial score (nSPS) is 18.4. The van der Waals surface area contributed by atoms with Crippen LogP contribution < -0.4 is 0 Å². The molecular formula is C22H29BNO. The van der Waals surface area contributed by atoms with Gasteiger partial charge >= 0.3 is 0 Å². The fourth-order valence-electron chi connectivity index (χ4n) is 4.04. The molecule has 0 saturated carbocycles. The molecule has 1 aliphatic rings. The van der Waals surface area contributed by atoms with E-state index in [9.17, 15) is 5.11 Å². The molecule has 1 radical (unpaired) electrons. The Labute approximate surface area is 153 Å². The highest BCUT2D eigenvalue weighted by molar-refractivity contribution is 6.32. The second kappa shape index (κ2) is 8.69. The SMILES string of the molecule is CCCCC[B]N1CCCC1C(O)(c1ccccc1)c1ccccc1. The first-order valence-electron chi connectivity index (χ1n) is 9.69. The molecule has 0 aromatic heterocycles. The minimum atomic E-state index is -0.972. The summed E-state index contributed by atoms with van der Waals surface area (Å²) in [6.45, 7) is 3.28. The van der Waals surface area contributed by atoms with Gasteiger partial charge in [-0.15, -0.1) is 0 Å². The number of unbranched alkanes of at least 4 members (excludes halogenated alkanes) is 2. The van der Waals surface area contributed by atoms with Gasteiger partial charge < -0.3 is 9.92 Å². The van der Waals surface area contributed by atoms with Crippen molar-refractivity contribution < 1.29 is 5.11 Å². The lowest BCUT2D eigenvalue weighted by atomic mass is 9.74. The van der Waals surface area contributed by atoms with Gasteiger partial charge in [0.05, 0.1) is 0 Å². The van der Waals surface area contributed by atoms with Crippen LogP contribution >= 0.6 is 0 Å². The van der Waals surface area contributed by atoms with Crippen LogP contribution in [-0.2, 0) is 5.60 Å². The van der Waals surface area contributed by atoms with E-state index >= 15 is 0 Å². The van der Waals surface area contributed by atoms with Gasteiger partial charge in [0.1, 0.15) is 5.60 Å². The van der Waals surface area contributed by atoms with E-state index in [0.717, 1.165) is 36.8 Å². The first-order chi connectivity index (χ1) is 12.3. The zero-order chi connectivity index (χ0) is 17.5. The Bertz CT molecular complexity index is 591. The zero-order valence-electron chi connectivity index (χ0n) is 15.3. The molecule has 1 N–H and O–H groups in total. The van der Waals surface area contributed by atoms with Crippen molar-refractivity contribution in [3.63, 3.8) is 0 Å². The number of nitrogens with zero attached hydrogens (tertiary/aromatic N) is 1. The third-order valence-electron chi connectivity index (χ3n) is 5.38. The minimum absolute atomic E-state index is 0.0962. The Balaban J connectivity index is 1.89. The van der Waals surface area contributed by atoms with Gasteiger partial charge in [-0.05, 0) is 30.5 Å². The molecule has 25 heavy (non-hydrogen) atoms. The lowest BCUT2D eigenvalue weighted by Crippen LogP contribution is -2.49. The first-order valence-corrected chi connectivity index (χ1v) is 9.69. The molecule has 0 aliphatic carbocycles. The monoisotopic (exact) mass is 334 g/mol. The maximum atomic E-state index is 12.0. The number of hydrogen-bond donors (Lipinski definition) is 1. The summed E-state index contributed by atoms with van der Waals surface area (Å²) in [5.41, 5.74) is 1.00. The summed E-state index contributed by atoms with van der Waals surface area (Å²) in [5.74, 6) is 0. The fraction of sp³-hybridized carbons (Fsp3) is 0.455. The molecule has 3 rings (SSSR count). The molecule has 0 amide bonds. The molecule has 0 bridgehead atoms. The maximum absolute atomic E-state index is 12.0. The van der Waals surface area contributed by atoms with E-state index in [1.165, 1.54) is 19.3 Å². The van der Waals surface area contributed by atoms with Crippen molar-refractivity contribution in [2.75, 3.05) is 6.54 Å². The van der Waals surface area contributed by atoms with Crippen molar-refractivity contribution >= 4 is 7.41 Å². The second-order valence-electron chi connectivity index (χ2n) is 7.07. The summed E-state index contributed by atoms with van der Waals surface area (Å²) in [6, 6.07) is 20.4. The Hall–Kier alpha value is -1.58. The third kappa shape index (κ3) is 3.99. The lowest BCUT2D eigenvalue weighted by molar-refractivity contribution is 0.0197. The third-order valence-corrected chi connectivity index (χ3v) is 5.38. The van der Waals surface area contributed by atoms with Gasteiger partial charge in [0.25, 0.3) is 0 Å². The van der Waals surface area contributed by atoms with E-state index in [2.05, 4.69) is 43.4 Å². The van der Waals surface area contributed by atoms with Crippen LogP contribution in [0.15, 0.2) is 60.7 Å². The lowest BCUT2D eigenvalue weighted by Gasteiger charge is -2.40. The van der Waals surface area contributed by atoms with Crippen LogP contribution in [0.2, 0.25) is 6.32 Å². The molecule has 1 heterocycles. The maximum Gasteiger partial charge on any atom is 0.208 e. The van der Waals surface area contributed by atoms with Crippen LogP contribution in [-0.4, -0.2) is 29.9 Å². The number of hydrogen-bond acceptors (Lipinski definition) is 2. The Morgan fingerprint density at radius 3 is 2.16 bits per heavy atom. The first kappa shape index (κ1) is 18.2. The van der Waals surface area contributed by atoms with Crippen molar-refractivity contribution in [1.82, 2.24) is 4.81 Å². The zero-order valence-corrected chi connectivity index (χ0v) is 15.3. The van der Waals surface area contributed by atoms with Crippen LogP contribution in [0, 0.1) is 0 Å². The average Bonchev–Trinajstić information content (AvgIpc) is 3.15. The van der Waals surface area contributed by atoms with E-state index in [1.807, 2.05) is 36.4 Å². The van der Waals surface area contributed by atoms with Gasteiger partial charge in [0, 0.05) is 6.04 Å². The van der Waals surface area contributed by atoms with Gasteiger partial charge in [-0.3, -0.25) is 0 Å². The highest BCUT2D eigenvalue weighted by atomic mass is 16.3. The number of aliphatic hydroxyl groups is 1. The summed E-state index contributed by atoms with van der Waals surface area (Å²) >= 11 is 0. The van der Waals surface area contributed by atoms with Gasteiger partial charge in [-0.1, -0.05) is 93.2 Å². The van der Waals surface area contributed by atoms with E-state index in [-0.39, 0.29) is 6.04 Å². The molecule has 131 valence electrons. The second-order valence-corrected chi connectivity index (χ2v) is 7.07. The highest BCUT2D eigenvalue weighted by Crippen LogP contribution is 2.40. The molecule has 1 saturated heterocycles. The van der Waals surface area contributed by atoms with Gasteiger partial charge in [0.2, 0.25) is 7.41 Å². The summed E-state index contributed by atoms with van der Waals surface area (Å²) in [7, 11) is 2.34. The fourth-order valence-corrected chi connectivity index (χ4v) is 4.04. The van der Waals surface area contributed by atoms with Crippen molar-refractivity contribution in [2.24, 2.45) is 0 Å². The Kier molecular flexibility index (Phi) is 6.33. The van der Waals surface area contributed by atoms with Gasteiger partial charge in [0.15, 0.2) is 0 Å². The van der Waals surface area contributed by atoms with Crippen molar-refractivity contribution in [2.45, 2.75) is 57.0 Å². The molecule has 2 nitrogen and oxygen atoms in total. The van der Waals surface area contributed by atoms with E-state index in [1.54, 1.807) is 0 Å². The van der Waals surface area contributed by atoms with Crippen molar-refractivity contribution in [3.05, 3.63) is 71.8 Å². The molecule has 1 fully saturated rings. The predicted molar refractivity (Wildman–Crippen MR) is 106 cm³/mol. The van der Waals surface area contributed by atoms with Crippen LogP contribution in [0.5, 0.6) is 0 Å². The van der Waals surface area contributed by atoms with E-state index in [4.69, 9.17) is 0 Å². The molecular weight excluding hydrogens is 305 g/mol. The largest absolute Gasteiger partial charge is 0.379 e. The number of rotatable bonds is 8. The topological polar surface area (TPSA) is 23.5 Å². The molecule has 1 aliphatic heterocycles. The molecule has 0 spiro atoms. The predicted octanol–water partition coefficient (Wildman–Crippen LogP) is 4.61. The minimum Gasteiger partial charge on any atom is -0.379 e. The van der Waals surface area contributed by atoms with E-state index < -0.39 is 5.60 Å². The standard InChI is InChI=1S/C22H29BNO/c1-2-3-10-17-23-24-18-11-16-21(24)22(25,19-12-6-4-7-13-19)20-14-8-5-9-15-20/h4-9,12-15,21,25H,2-3,10-11,16-18H2,1H3. The molecule has 2 aromatic carbocycles. The van der Waals surface area contributed by atoms with Crippen LogP contribution in [0.4, 0.5) is 0 Å². The smallest absolute Gasteiger partial charge is 0.208 e. The summed E-state index contributed by atoms with van der Waals surface area (Å²) in [5, 5.41) is 12.0. The quantitative estimate of drug-likeness (QED) is 0.563. The van der Waals surface area contributed by atoms with Gasteiger partial charge in [-0.25, -0.2) is 0 Å². The average molecular weight is 334 g/mol. The van der Waals surface area contributed by atoms with Crippen LogP contribution in [0.25, 0.3) is 0 Å². The van der Waals surface area contributed by atoms with Crippen LogP contribution in [0.3, 0.4) is 0 Å². The summed E-state index contributed by atoms with van der Waals surface area (Å²) in [4.78, 5) is 2.40. The highest BCUT2D eigenvalue weighted by Gasteiger charge is 2.44. The van der Waals surface area contributed by atoms with Crippen LogP contribution in [0.1, 0.15) is 50.2 Å². The van der Waals surface area contributed by atoms with E-state index in [0.29, 0.717) is 0 Å². The molecule has 2 aromatic rings. The Morgan fingerprint density at radius 1 is 1.00 bits per heavy atom. The van der Waals surface area contributed by atoms with Gasteiger partial charge in [-0.2, -0.15) is 0 Å².